The van der Waals surface area contributed by atoms with Gasteiger partial charge in [0, 0.05) is 0 Å². The molecule has 0 radical (unpaired) electrons. The van der Waals surface area contributed by atoms with Crippen molar-refractivity contribution in [2.75, 3.05) is 6.61 Å². The standard InChI is InChI=1S/C18H16N2O4/c19-11-13-6-8-15(9-7-13)24-12-17(21)20-16(10-18(22)23)14-4-2-1-3-5-14/h1-9,16H,10,12H2,(H,20,21)(H,22,23)/t16-/m0/s1. The van der Waals surface area contributed by atoms with Crippen LogP contribution in [0.3, 0.4) is 0 Å². The van der Waals surface area contributed by atoms with E-state index in [0.717, 1.165) is 0 Å². The van der Waals surface area contributed by atoms with Gasteiger partial charge in [-0.2, -0.15) is 5.26 Å². The Balaban J connectivity index is 1.94. The summed E-state index contributed by atoms with van der Waals surface area (Å²) in [4.78, 5) is 23.0. The minimum atomic E-state index is -1.00. The first-order chi connectivity index (χ1) is 11.6. The predicted molar refractivity (Wildman–Crippen MR) is 86.2 cm³/mol. The third-order valence-corrected chi connectivity index (χ3v) is 3.27. The number of carboxylic acid groups (broad SMARTS) is 1. The van der Waals surface area contributed by atoms with E-state index in [1.165, 1.54) is 0 Å². The highest BCUT2D eigenvalue weighted by molar-refractivity contribution is 5.79. The highest BCUT2D eigenvalue weighted by Crippen LogP contribution is 2.17. The molecule has 0 fully saturated rings. The summed E-state index contributed by atoms with van der Waals surface area (Å²) < 4.78 is 5.34. The van der Waals surface area contributed by atoms with Crippen molar-refractivity contribution >= 4 is 11.9 Å². The van der Waals surface area contributed by atoms with Crippen LogP contribution < -0.4 is 10.1 Å². The Morgan fingerprint density at radius 2 is 1.79 bits per heavy atom. The zero-order valence-electron chi connectivity index (χ0n) is 12.8. The lowest BCUT2D eigenvalue weighted by Gasteiger charge is -2.17. The average Bonchev–Trinajstić information content (AvgIpc) is 2.60. The highest BCUT2D eigenvalue weighted by Gasteiger charge is 2.18. The van der Waals surface area contributed by atoms with Crippen LogP contribution in [0.4, 0.5) is 0 Å². The Morgan fingerprint density at radius 1 is 1.12 bits per heavy atom. The molecule has 2 aromatic carbocycles. The molecular formula is C18H16N2O4. The molecule has 0 aliphatic rings. The topological polar surface area (TPSA) is 99.4 Å². The first-order valence-electron chi connectivity index (χ1n) is 7.27. The second-order valence-corrected chi connectivity index (χ2v) is 5.05. The van der Waals surface area contributed by atoms with Crippen LogP contribution in [0.15, 0.2) is 54.6 Å². The smallest absolute Gasteiger partial charge is 0.305 e. The van der Waals surface area contributed by atoms with Gasteiger partial charge in [0.25, 0.3) is 5.91 Å². The molecule has 0 aliphatic carbocycles. The van der Waals surface area contributed by atoms with Crippen LogP contribution >= 0.6 is 0 Å². The zero-order chi connectivity index (χ0) is 17.4. The maximum atomic E-state index is 12.0. The molecule has 0 aromatic heterocycles. The summed E-state index contributed by atoms with van der Waals surface area (Å²) in [5.74, 6) is -0.967. The monoisotopic (exact) mass is 324 g/mol. The van der Waals surface area contributed by atoms with Crippen molar-refractivity contribution in [3.63, 3.8) is 0 Å². The van der Waals surface area contributed by atoms with E-state index in [4.69, 9.17) is 15.1 Å². The van der Waals surface area contributed by atoms with Crippen LogP contribution in [0.2, 0.25) is 0 Å². The number of nitrogens with one attached hydrogen (secondary N) is 1. The Morgan fingerprint density at radius 3 is 2.38 bits per heavy atom. The fourth-order valence-electron chi connectivity index (χ4n) is 2.12. The van der Waals surface area contributed by atoms with E-state index in [-0.39, 0.29) is 13.0 Å². The lowest BCUT2D eigenvalue weighted by Crippen LogP contribution is -2.33. The van der Waals surface area contributed by atoms with Gasteiger partial charge in [0.2, 0.25) is 0 Å². The molecule has 1 atom stereocenters. The van der Waals surface area contributed by atoms with Gasteiger partial charge in [-0.1, -0.05) is 30.3 Å². The van der Waals surface area contributed by atoms with Crippen molar-refractivity contribution in [3.05, 3.63) is 65.7 Å². The number of ether oxygens (including phenoxy) is 1. The fourth-order valence-corrected chi connectivity index (χ4v) is 2.12. The van der Waals surface area contributed by atoms with Crippen LogP contribution in [0, 0.1) is 11.3 Å². The molecule has 2 aromatic rings. The molecule has 6 nitrogen and oxygen atoms in total. The number of carbonyl (C=O) groups is 2. The summed E-state index contributed by atoms with van der Waals surface area (Å²) in [5, 5.41) is 20.4. The maximum Gasteiger partial charge on any atom is 0.305 e. The fraction of sp³-hybridized carbons (Fsp3) is 0.167. The number of nitrogens with zero attached hydrogens (tertiary/aromatic N) is 1. The van der Waals surface area contributed by atoms with E-state index in [9.17, 15) is 9.59 Å². The molecule has 0 saturated carbocycles. The number of hydrogen-bond donors (Lipinski definition) is 2. The Labute approximate surface area is 139 Å². The Bertz CT molecular complexity index is 736. The van der Waals surface area contributed by atoms with Gasteiger partial charge in [-0.25, -0.2) is 0 Å². The van der Waals surface area contributed by atoms with Gasteiger partial charge in [-0.15, -0.1) is 0 Å². The zero-order valence-corrected chi connectivity index (χ0v) is 12.8. The van der Waals surface area contributed by atoms with Crippen LogP contribution in [0.1, 0.15) is 23.6 Å². The van der Waals surface area contributed by atoms with E-state index in [1.807, 2.05) is 12.1 Å². The number of benzene rings is 2. The van der Waals surface area contributed by atoms with Gasteiger partial charge in [0.1, 0.15) is 5.75 Å². The van der Waals surface area contributed by atoms with Crippen molar-refractivity contribution in [2.45, 2.75) is 12.5 Å². The lowest BCUT2D eigenvalue weighted by molar-refractivity contribution is -0.137. The van der Waals surface area contributed by atoms with Crippen LogP contribution in [0.25, 0.3) is 0 Å². The van der Waals surface area contributed by atoms with E-state index in [2.05, 4.69) is 5.32 Å². The molecule has 0 heterocycles. The Hall–Kier alpha value is -3.33. The minimum Gasteiger partial charge on any atom is -0.484 e. The molecule has 2 rings (SSSR count). The summed E-state index contributed by atoms with van der Waals surface area (Å²) in [6.07, 6.45) is -0.216. The number of hydrogen-bond acceptors (Lipinski definition) is 4. The van der Waals surface area contributed by atoms with E-state index in [0.29, 0.717) is 16.9 Å². The number of rotatable bonds is 7. The van der Waals surface area contributed by atoms with Crippen molar-refractivity contribution in [1.82, 2.24) is 5.32 Å². The van der Waals surface area contributed by atoms with Gasteiger partial charge < -0.3 is 15.2 Å². The number of amides is 1. The van der Waals surface area contributed by atoms with Gasteiger partial charge in [0.15, 0.2) is 6.61 Å². The summed E-state index contributed by atoms with van der Waals surface area (Å²) in [5.41, 5.74) is 1.21. The summed E-state index contributed by atoms with van der Waals surface area (Å²) in [6.45, 7) is -0.241. The van der Waals surface area contributed by atoms with Crippen LogP contribution in [-0.2, 0) is 9.59 Å². The molecule has 1 amide bonds. The minimum absolute atomic E-state index is 0.216. The molecule has 0 saturated heterocycles. The van der Waals surface area contributed by atoms with E-state index in [1.54, 1.807) is 48.5 Å². The Kier molecular flexibility index (Phi) is 5.92. The number of nitriles is 1. The van der Waals surface area contributed by atoms with Gasteiger partial charge >= 0.3 is 5.97 Å². The normalized spacial score (nSPS) is 11.1. The van der Waals surface area contributed by atoms with Crippen molar-refractivity contribution in [1.29, 1.82) is 5.26 Å². The number of carbonyl (C=O) groups excluding carboxylic acids is 1. The molecule has 0 spiro atoms. The van der Waals surface area contributed by atoms with Gasteiger partial charge in [-0.05, 0) is 29.8 Å². The quantitative estimate of drug-likeness (QED) is 0.814. The molecule has 0 unspecified atom stereocenters. The molecule has 122 valence electrons. The van der Waals surface area contributed by atoms with Crippen LogP contribution in [-0.4, -0.2) is 23.6 Å². The largest absolute Gasteiger partial charge is 0.484 e. The maximum absolute atomic E-state index is 12.0. The SMILES string of the molecule is N#Cc1ccc(OCC(=O)N[C@@H](CC(=O)O)c2ccccc2)cc1. The average molecular weight is 324 g/mol. The van der Waals surface area contributed by atoms with Crippen LogP contribution in [0.5, 0.6) is 5.75 Å². The summed E-state index contributed by atoms with van der Waals surface area (Å²) in [7, 11) is 0. The number of carboxylic acids is 1. The number of aliphatic carboxylic acids is 1. The summed E-state index contributed by atoms with van der Waals surface area (Å²) >= 11 is 0. The predicted octanol–water partition coefficient (Wildman–Crippen LogP) is 2.27. The first-order valence-corrected chi connectivity index (χ1v) is 7.27. The molecule has 2 N–H and O–H groups in total. The van der Waals surface area contributed by atoms with Crippen molar-refractivity contribution < 1.29 is 19.4 Å². The third kappa shape index (κ3) is 5.14. The van der Waals surface area contributed by atoms with Gasteiger partial charge in [0.05, 0.1) is 24.1 Å². The van der Waals surface area contributed by atoms with Gasteiger partial charge in [-0.3, -0.25) is 9.59 Å². The summed E-state index contributed by atoms with van der Waals surface area (Å²) in [6, 6.07) is 16.6. The lowest BCUT2D eigenvalue weighted by atomic mass is 10.0. The first kappa shape index (κ1) is 17.0. The van der Waals surface area contributed by atoms with Crippen molar-refractivity contribution in [2.24, 2.45) is 0 Å². The highest BCUT2D eigenvalue weighted by atomic mass is 16.5. The second-order valence-electron chi connectivity index (χ2n) is 5.05. The second kappa shape index (κ2) is 8.34. The molecule has 24 heavy (non-hydrogen) atoms. The third-order valence-electron chi connectivity index (χ3n) is 3.27. The molecule has 0 aliphatic heterocycles. The van der Waals surface area contributed by atoms with E-state index >= 15 is 0 Å². The van der Waals surface area contributed by atoms with Crippen molar-refractivity contribution in [3.8, 4) is 11.8 Å². The molecule has 6 heteroatoms. The van der Waals surface area contributed by atoms with E-state index < -0.39 is 17.9 Å². The molecule has 0 bridgehead atoms. The molecular weight excluding hydrogens is 308 g/mol.